The van der Waals surface area contributed by atoms with E-state index in [-0.39, 0.29) is 19.6 Å². The third-order valence-corrected chi connectivity index (χ3v) is 5.05. The van der Waals surface area contributed by atoms with E-state index in [2.05, 4.69) is 10.6 Å². The Balaban J connectivity index is 3.18. The van der Waals surface area contributed by atoms with Gasteiger partial charge in [-0.15, -0.1) is 0 Å². The zero-order valence-corrected chi connectivity index (χ0v) is 22.1. The van der Waals surface area contributed by atoms with Crippen LogP contribution in [0.15, 0.2) is 24.3 Å². The molecule has 1 aromatic rings. The Morgan fingerprint density at radius 2 is 1.66 bits per heavy atom. The maximum absolute atomic E-state index is 13.4. The predicted octanol–water partition coefficient (Wildman–Crippen LogP) is 3.51. The molecule has 2 atom stereocenters. The Bertz CT molecular complexity index is 848. The number of nitrogens with one attached hydrogen (secondary N) is 2. The minimum absolute atomic E-state index is 0.0272. The van der Waals surface area contributed by atoms with Gasteiger partial charge in [0.25, 0.3) is 0 Å². The number of carbonyl (C=O) groups is 4. The topological polar surface area (TPSA) is 114 Å². The molecule has 0 fully saturated rings. The molecule has 0 radical (unpaired) electrons. The van der Waals surface area contributed by atoms with Crippen molar-refractivity contribution < 1.29 is 28.7 Å². The lowest BCUT2D eigenvalue weighted by Crippen LogP contribution is -2.52. The molecule has 1 aromatic carbocycles. The minimum Gasteiger partial charge on any atom is -0.466 e. The van der Waals surface area contributed by atoms with Crippen molar-refractivity contribution in [1.82, 2.24) is 15.5 Å². The molecule has 196 valence electrons. The normalized spacial score (nSPS) is 12.8. The van der Waals surface area contributed by atoms with Gasteiger partial charge in [0.2, 0.25) is 11.8 Å². The van der Waals surface area contributed by atoms with Gasteiger partial charge < -0.3 is 25.0 Å². The Morgan fingerprint density at radius 1 is 1.03 bits per heavy atom. The largest absolute Gasteiger partial charge is 0.466 e. The highest BCUT2D eigenvalue weighted by atomic mass is 16.6. The Labute approximate surface area is 208 Å². The highest BCUT2D eigenvalue weighted by Crippen LogP contribution is 2.24. The molecule has 0 aliphatic rings. The Morgan fingerprint density at radius 3 is 2.17 bits per heavy atom. The van der Waals surface area contributed by atoms with Gasteiger partial charge in [-0.05, 0) is 58.6 Å². The highest BCUT2D eigenvalue weighted by molar-refractivity contribution is 5.92. The molecule has 35 heavy (non-hydrogen) atoms. The minimum atomic E-state index is -0.932. The van der Waals surface area contributed by atoms with Crippen molar-refractivity contribution >= 4 is 23.9 Å². The summed E-state index contributed by atoms with van der Waals surface area (Å²) in [6.45, 7) is 13.1. The fourth-order valence-corrected chi connectivity index (χ4v) is 3.43. The molecule has 2 N–H and O–H groups in total. The van der Waals surface area contributed by atoms with Crippen molar-refractivity contribution in [2.75, 3.05) is 19.7 Å². The van der Waals surface area contributed by atoms with Crippen LogP contribution in [0.3, 0.4) is 0 Å². The molecule has 0 aliphatic carbocycles. The van der Waals surface area contributed by atoms with Crippen LogP contribution < -0.4 is 10.6 Å². The quantitative estimate of drug-likeness (QED) is 0.433. The second kappa shape index (κ2) is 14.3. The van der Waals surface area contributed by atoms with E-state index in [0.29, 0.717) is 18.5 Å². The first-order chi connectivity index (χ1) is 16.4. The number of alkyl carbamates (subject to hydrolysis) is 1. The van der Waals surface area contributed by atoms with E-state index in [1.807, 2.05) is 38.1 Å². The maximum Gasteiger partial charge on any atom is 0.408 e. The number of rotatable bonds is 12. The first-order valence-corrected chi connectivity index (χ1v) is 12.3. The van der Waals surface area contributed by atoms with Crippen molar-refractivity contribution in [2.24, 2.45) is 0 Å². The zero-order valence-electron chi connectivity index (χ0n) is 22.1. The van der Waals surface area contributed by atoms with Crippen LogP contribution >= 0.6 is 0 Å². The molecular formula is C26H41N3O6. The highest BCUT2D eigenvalue weighted by Gasteiger charge is 2.34. The molecule has 0 spiro atoms. The lowest BCUT2D eigenvalue weighted by molar-refractivity contribution is -0.144. The molecule has 0 saturated heterocycles. The summed E-state index contributed by atoms with van der Waals surface area (Å²) in [6.07, 6.45) is 0.757. The second-order valence-corrected chi connectivity index (χ2v) is 9.24. The number of ether oxygens (including phenoxy) is 2. The van der Waals surface area contributed by atoms with Crippen LogP contribution in [-0.4, -0.2) is 60.1 Å². The molecule has 0 aromatic heterocycles. The van der Waals surface area contributed by atoms with Gasteiger partial charge in [0.05, 0.1) is 13.0 Å². The molecule has 0 saturated carbocycles. The number of esters is 1. The number of hydrogen-bond acceptors (Lipinski definition) is 6. The predicted molar refractivity (Wildman–Crippen MR) is 134 cm³/mol. The SMILES string of the molecule is CCCN(C(=O)C(C)NC(=O)OC(C)(C)C)C(C(=O)NCCC(=O)OCC)c1ccc(CC)cc1. The summed E-state index contributed by atoms with van der Waals surface area (Å²) in [5.74, 6) is -1.24. The van der Waals surface area contributed by atoms with Gasteiger partial charge in [-0.3, -0.25) is 14.4 Å². The van der Waals surface area contributed by atoms with Gasteiger partial charge in [0, 0.05) is 13.1 Å². The first kappa shape index (κ1) is 29.9. The number of carbonyl (C=O) groups excluding carboxylic acids is 4. The molecule has 0 bridgehead atoms. The number of benzene rings is 1. The molecular weight excluding hydrogens is 450 g/mol. The molecule has 1 rings (SSSR count). The lowest BCUT2D eigenvalue weighted by Gasteiger charge is -2.33. The lowest BCUT2D eigenvalue weighted by atomic mass is 10.0. The average molecular weight is 492 g/mol. The summed E-state index contributed by atoms with van der Waals surface area (Å²) < 4.78 is 10.2. The molecule has 2 unspecified atom stereocenters. The summed E-state index contributed by atoms with van der Waals surface area (Å²) in [6, 6.07) is 5.66. The van der Waals surface area contributed by atoms with Gasteiger partial charge >= 0.3 is 12.1 Å². The molecule has 0 heterocycles. The van der Waals surface area contributed by atoms with Crippen molar-refractivity contribution in [1.29, 1.82) is 0 Å². The van der Waals surface area contributed by atoms with Crippen LogP contribution in [0, 0.1) is 0 Å². The van der Waals surface area contributed by atoms with Crippen molar-refractivity contribution in [3.05, 3.63) is 35.4 Å². The third-order valence-electron chi connectivity index (χ3n) is 5.05. The third kappa shape index (κ3) is 10.4. The van der Waals surface area contributed by atoms with E-state index in [1.54, 1.807) is 34.6 Å². The standard InChI is InChI=1S/C26H41N3O6/c1-8-17-29(24(32)18(4)28-25(33)35-26(5,6)7)22(20-13-11-19(9-2)12-14-20)23(31)27-16-15-21(30)34-10-3/h11-14,18,22H,8-10,15-17H2,1-7H3,(H,27,31)(H,28,33). The Hall–Kier alpha value is -3.10. The van der Waals surface area contributed by atoms with E-state index in [9.17, 15) is 19.2 Å². The van der Waals surface area contributed by atoms with Crippen LogP contribution in [0.1, 0.15) is 78.5 Å². The monoisotopic (exact) mass is 491 g/mol. The molecule has 9 nitrogen and oxygen atoms in total. The van der Waals surface area contributed by atoms with Crippen LogP contribution in [0.4, 0.5) is 4.79 Å². The average Bonchev–Trinajstić information content (AvgIpc) is 2.77. The van der Waals surface area contributed by atoms with E-state index >= 15 is 0 Å². The summed E-state index contributed by atoms with van der Waals surface area (Å²) >= 11 is 0. The number of nitrogens with zero attached hydrogens (tertiary/aromatic N) is 1. The summed E-state index contributed by atoms with van der Waals surface area (Å²) in [5, 5.41) is 5.32. The van der Waals surface area contributed by atoms with Crippen molar-refractivity contribution in [2.45, 2.75) is 85.4 Å². The van der Waals surface area contributed by atoms with Crippen molar-refractivity contribution in [3.8, 4) is 0 Å². The van der Waals surface area contributed by atoms with E-state index in [1.165, 1.54) is 4.90 Å². The Kier molecular flexibility index (Phi) is 12.3. The van der Waals surface area contributed by atoms with Gasteiger partial charge in [0.1, 0.15) is 17.7 Å². The summed E-state index contributed by atoms with van der Waals surface area (Å²) in [4.78, 5) is 52.1. The van der Waals surface area contributed by atoms with Gasteiger partial charge in [-0.2, -0.15) is 0 Å². The number of aryl methyl sites for hydroxylation is 1. The van der Waals surface area contributed by atoms with Crippen molar-refractivity contribution in [3.63, 3.8) is 0 Å². The van der Waals surface area contributed by atoms with Crippen LogP contribution in [0.25, 0.3) is 0 Å². The second-order valence-electron chi connectivity index (χ2n) is 9.24. The fraction of sp³-hybridized carbons (Fsp3) is 0.615. The van der Waals surface area contributed by atoms with Crippen LogP contribution in [-0.2, 0) is 30.3 Å². The maximum atomic E-state index is 13.4. The summed E-state index contributed by atoms with van der Waals surface area (Å²) in [5.41, 5.74) is 1.03. The summed E-state index contributed by atoms with van der Waals surface area (Å²) in [7, 11) is 0. The van der Waals surface area contributed by atoms with Crippen LogP contribution in [0.2, 0.25) is 0 Å². The van der Waals surface area contributed by atoms with E-state index in [0.717, 1.165) is 12.0 Å². The van der Waals surface area contributed by atoms with E-state index < -0.39 is 41.6 Å². The molecule has 3 amide bonds. The fourth-order valence-electron chi connectivity index (χ4n) is 3.43. The van der Waals surface area contributed by atoms with E-state index in [4.69, 9.17) is 9.47 Å². The van der Waals surface area contributed by atoms with Crippen LogP contribution in [0.5, 0.6) is 0 Å². The molecule has 9 heteroatoms. The smallest absolute Gasteiger partial charge is 0.408 e. The van der Waals surface area contributed by atoms with Gasteiger partial charge in [-0.1, -0.05) is 38.1 Å². The number of hydrogen-bond donors (Lipinski definition) is 2. The zero-order chi connectivity index (χ0) is 26.6. The van der Waals surface area contributed by atoms with Gasteiger partial charge in [0.15, 0.2) is 0 Å². The first-order valence-electron chi connectivity index (χ1n) is 12.3. The molecule has 0 aliphatic heterocycles. The number of amides is 3. The van der Waals surface area contributed by atoms with Gasteiger partial charge in [-0.25, -0.2) is 4.79 Å².